The van der Waals surface area contributed by atoms with E-state index in [2.05, 4.69) is 46.8 Å². The molecule has 0 spiro atoms. The van der Waals surface area contributed by atoms with Crippen LogP contribution in [0.4, 0.5) is 0 Å². The van der Waals surface area contributed by atoms with Crippen molar-refractivity contribution in [1.82, 2.24) is 0 Å². The Kier molecular flexibility index (Phi) is 8.42. The van der Waals surface area contributed by atoms with Crippen molar-refractivity contribution in [3.63, 3.8) is 0 Å². The molecule has 0 aromatic heterocycles. The van der Waals surface area contributed by atoms with E-state index in [1.165, 1.54) is 5.56 Å². The molecule has 0 fully saturated rings. The second-order valence-electron chi connectivity index (χ2n) is 8.04. The highest BCUT2D eigenvalue weighted by Crippen LogP contribution is 2.36. The lowest BCUT2D eigenvalue weighted by atomic mass is 9.72. The molecule has 6 heteroatoms. The van der Waals surface area contributed by atoms with Crippen LogP contribution < -0.4 is 4.74 Å². The lowest BCUT2D eigenvalue weighted by Gasteiger charge is -2.33. The molecular formula is C18H32O5S. The molecule has 0 aliphatic rings. The van der Waals surface area contributed by atoms with E-state index in [1.54, 1.807) is 6.92 Å². The Hall–Kier alpha value is -1.11. The molecule has 140 valence electrons. The summed E-state index contributed by atoms with van der Waals surface area (Å²) in [6.45, 7) is 13.4. The molecule has 1 atom stereocenters. The molecule has 0 aliphatic carbocycles. The zero-order chi connectivity index (χ0) is 19.2. The van der Waals surface area contributed by atoms with Crippen LogP contribution in [0.2, 0.25) is 0 Å². The molecule has 0 saturated heterocycles. The SMILES string of the molecule is CC(O)COc1ccc(C(C)(C)CC(C)(C)C)cc1.CS(=O)(=O)O. The fourth-order valence-corrected chi connectivity index (χ4v) is 2.65. The molecule has 0 aliphatic heterocycles. The number of hydrogen-bond donors (Lipinski definition) is 2. The number of hydrogen-bond acceptors (Lipinski definition) is 4. The molecule has 0 saturated carbocycles. The Morgan fingerprint density at radius 3 is 1.83 bits per heavy atom. The fraction of sp³-hybridized carbons (Fsp3) is 0.667. The lowest BCUT2D eigenvalue weighted by Crippen LogP contribution is -2.24. The predicted molar refractivity (Wildman–Crippen MR) is 98.2 cm³/mol. The zero-order valence-corrected chi connectivity index (χ0v) is 16.6. The minimum Gasteiger partial charge on any atom is -0.491 e. The van der Waals surface area contributed by atoms with Crippen molar-refractivity contribution < 1.29 is 22.8 Å². The second kappa shape index (κ2) is 8.83. The van der Waals surface area contributed by atoms with Gasteiger partial charge in [-0.1, -0.05) is 46.8 Å². The van der Waals surface area contributed by atoms with Gasteiger partial charge in [-0.05, 0) is 41.9 Å². The summed E-state index contributed by atoms with van der Waals surface area (Å²) >= 11 is 0. The standard InChI is InChI=1S/C17H28O2.CH4O3S/c1-13(18)11-19-15-9-7-14(8-10-15)17(5,6)12-16(2,3)4;1-5(2,3)4/h7-10,13,18H,11-12H2,1-6H3;1H3,(H,2,3,4). The number of ether oxygens (including phenoxy) is 1. The third-order valence-electron chi connectivity index (χ3n) is 3.10. The van der Waals surface area contributed by atoms with Gasteiger partial charge in [0.15, 0.2) is 0 Å². The third kappa shape index (κ3) is 12.3. The van der Waals surface area contributed by atoms with E-state index in [0.717, 1.165) is 12.2 Å². The summed E-state index contributed by atoms with van der Waals surface area (Å²) in [4.78, 5) is 0. The summed E-state index contributed by atoms with van der Waals surface area (Å²) in [6, 6.07) is 8.23. The first kappa shape index (κ1) is 22.9. The summed E-state index contributed by atoms with van der Waals surface area (Å²) in [5, 5.41) is 9.20. The van der Waals surface area contributed by atoms with E-state index in [-0.39, 0.29) is 5.41 Å². The normalized spacial score (nSPS) is 13.7. The van der Waals surface area contributed by atoms with Gasteiger partial charge in [0.2, 0.25) is 0 Å². The molecule has 1 aromatic rings. The van der Waals surface area contributed by atoms with Crippen molar-refractivity contribution in [1.29, 1.82) is 0 Å². The summed E-state index contributed by atoms with van der Waals surface area (Å²) in [5.41, 5.74) is 1.79. The Bertz CT molecular complexity index is 573. The van der Waals surface area contributed by atoms with Gasteiger partial charge in [0, 0.05) is 0 Å². The van der Waals surface area contributed by atoms with Crippen LogP contribution in [0.15, 0.2) is 24.3 Å². The number of aliphatic hydroxyl groups is 1. The first-order valence-corrected chi connectivity index (χ1v) is 9.79. The average Bonchev–Trinajstić information content (AvgIpc) is 2.32. The van der Waals surface area contributed by atoms with Gasteiger partial charge in [0.25, 0.3) is 10.1 Å². The third-order valence-corrected chi connectivity index (χ3v) is 3.10. The number of benzene rings is 1. The van der Waals surface area contributed by atoms with Crippen LogP contribution in [0.25, 0.3) is 0 Å². The molecule has 0 amide bonds. The van der Waals surface area contributed by atoms with Crippen LogP contribution in [0.5, 0.6) is 5.75 Å². The van der Waals surface area contributed by atoms with E-state index in [4.69, 9.17) is 9.29 Å². The van der Waals surface area contributed by atoms with Crippen LogP contribution in [0.1, 0.15) is 53.5 Å². The molecule has 24 heavy (non-hydrogen) atoms. The van der Waals surface area contributed by atoms with Crippen LogP contribution in [-0.4, -0.2) is 37.0 Å². The van der Waals surface area contributed by atoms with Crippen molar-refractivity contribution in [3.8, 4) is 5.75 Å². The van der Waals surface area contributed by atoms with Crippen molar-refractivity contribution in [2.75, 3.05) is 12.9 Å². The Labute approximate surface area is 146 Å². The van der Waals surface area contributed by atoms with Gasteiger partial charge in [-0.25, -0.2) is 0 Å². The van der Waals surface area contributed by atoms with Crippen molar-refractivity contribution >= 4 is 10.1 Å². The highest BCUT2D eigenvalue weighted by atomic mass is 32.2. The van der Waals surface area contributed by atoms with Crippen molar-refractivity contribution in [2.24, 2.45) is 5.41 Å². The van der Waals surface area contributed by atoms with E-state index in [9.17, 15) is 13.5 Å². The van der Waals surface area contributed by atoms with E-state index in [0.29, 0.717) is 18.3 Å². The topological polar surface area (TPSA) is 83.8 Å². The predicted octanol–water partition coefficient (Wildman–Crippen LogP) is 3.66. The van der Waals surface area contributed by atoms with Gasteiger partial charge >= 0.3 is 0 Å². The van der Waals surface area contributed by atoms with E-state index >= 15 is 0 Å². The van der Waals surface area contributed by atoms with Gasteiger partial charge in [-0.15, -0.1) is 0 Å². The lowest BCUT2D eigenvalue weighted by molar-refractivity contribution is 0.122. The number of aliphatic hydroxyl groups excluding tert-OH is 1. The molecule has 5 nitrogen and oxygen atoms in total. The van der Waals surface area contributed by atoms with E-state index < -0.39 is 16.2 Å². The van der Waals surface area contributed by atoms with Crippen LogP contribution >= 0.6 is 0 Å². The summed E-state index contributed by atoms with van der Waals surface area (Å²) in [7, 11) is -3.67. The smallest absolute Gasteiger partial charge is 0.261 e. The highest BCUT2D eigenvalue weighted by Gasteiger charge is 2.27. The minimum absolute atomic E-state index is 0.154. The average molecular weight is 361 g/mol. The molecule has 1 unspecified atom stereocenters. The van der Waals surface area contributed by atoms with Crippen molar-refractivity contribution in [2.45, 2.75) is 59.5 Å². The monoisotopic (exact) mass is 360 g/mol. The fourth-order valence-electron chi connectivity index (χ4n) is 2.65. The Morgan fingerprint density at radius 1 is 1.08 bits per heavy atom. The largest absolute Gasteiger partial charge is 0.491 e. The van der Waals surface area contributed by atoms with Gasteiger partial charge in [-0.3, -0.25) is 4.55 Å². The Balaban J connectivity index is 0.000000922. The first-order chi connectivity index (χ1) is 10.6. The molecular weight excluding hydrogens is 328 g/mol. The van der Waals surface area contributed by atoms with Gasteiger partial charge in [0.1, 0.15) is 12.4 Å². The Morgan fingerprint density at radius 2 is 1.50 bits per heavy atom. The first-order valence-electron chi connectivity index (χ1n) is 7.94. The zero-order valence-electron chi connectivity index (χ0n) is 15.8. The number of rotatable bonds is 5. The molecule has 0 heterocycles. The minimum atomic E-state index is -3.67. The van der Waals surface area contributed by atoms with Crippen LogP contribution in [-0.2, 0) is 15.5 Å². The van der Waals surface area contributed by atoms with Gasteiger partial charge < -0.3 is 9.84 Å². The molecule has 2 N–H and O–H groups in total. The summed E-state index contributed by atoms with van der Waals surface area (Å²) < 4.78 is 31.4. The molecule has 1 rings (SSSR count). The quantitative estimate of drug-likeness (QED) is 0.783. The molecule has 0 bridgehead atoms. The summed E-state index contributed by atoms with van der Waals surface area (Å²) in [5.74, 6) is 0.816. The summed E-state index contributed by atoms with van der Waals surface area (Å²) in [6.07, 6.45) is 1.41. The van der Waals surface area contributed by atoms with E-state index in [1.807, 2.05) is 12.1 Å². The highest BCUT2D eigenvalue weighted by molar-refractivity contribution is 7.85. The van der Waals surface area contributed by atoms with Crippen molar-refractivity contribution in [3.05, 3.63) is 29.8 Å². The molecule has 0 radical (unpaired) electrons. The van der Waals surface area contributed by atoms with Crippen LogP contribution in [0, 0.1) is 5.41 Å². The van der Waals surface area contributed by atoms with Gasteiger partial charge in [-0.2, -0.15) is 8.42 Å². The molecule has 1 aromatic carbocycles. The maximum absolute atomic E-state index is 9.20. The second-order valence-corrected chi connectivity index (χ2v) is 9.50. The maximum atomic E-state index is 9.20. The van der Waals surface area contributed by atoms with Crippen LogP contribution in [0.3, 0.4) is 0 Å². The maximum Gasteiger partial charge on any atom is 0.261 e. The van der Waals surface area contributed by atoms with Gasteiger partial charge in [0.05, 0.1) is 12.4 Å².